The molecule has 1 atom stereocenters. The largest absolute Gasteiger partial charge is 0.493 e. The summed E-state index contributed by atoms with van der Waals surface area (Å²) in [6.07, 6.45) is 6.18. The summed E-state index contributed by atoms with van der Waals surface area (Å²) in [5, 5.41) is 3.77. The monoisotopic (exact) mass is 424 g/mol. The van der Waals surface area contributed by atoms with E-state index in [1.54, 1.807) is 29.8 Å². The van der Waals surface area contributed by atoms with Gasteiger partial charge in [-0.05, 0) is 38.5 Å². The summed E-state index contributed by atoms with van der Waals surface area (Å²) in [6.45, 7) is 6.26. The Morgan fingerprint density at radius 1 is 1.20 bits per heavy atom. The van der Waals surface area contributed by atoms with Crippen molar-refractivity contribution in [3.63, 3.8) is 0 Å². The van der Waals surface area contributed by atoms with Crippen molar-refractivity contribution in [1.29, 1.82) is 0 Å². The first kappa shape index (κ1) is 20.4. The fourth-order valence-corrected chi connectivity index (χ4v) is 3.89. The summed E-state index contributed by atoms with van der Waals surface area (Å²) in [4.78, 5) is 26.9. The molecule has 1 N–H and O–H groups in total. The van der Waals surface area contributed by atoms with Gasteiger partial charge in [-0.3, -0.25) is 14.8 Å². The van der Waals surface area contributed by atoms with Crippen LogP contribution >= 0.6 is 11.3 Å². The molecule has 30 heavy (non-hydrogen) atoms. The van der Waals surface area contributed by atoms with Gasteiger partial charge in [-0.2, -0.15) is 0 Å². The highest BCUT2D eigenvalue weighted by atomic mass is 32.1. The van der Waals surface area contributed by atoms with E-state index >= 15 is 0 Å². The SMILES string of the molecule is Cc1cnc(CNC(=O)c2cc(OCC3CCOC3)cc(-c3ncc(C)s3)c2)cn1. The van der Waals surface area contributed by atoms with E-state index < -0.39 is 0 Å². The number of aromatic nitrogens is 3. The summed E-state index contributed by atoms with van der Waals surface area (Å²) in [7, 11) is 0. The molecule has 0 saturated carbocycles. The molecule has 7 nitrogen and oxygen atoms in total. The minimum Gasteiger partial charge on any atom is -0.493 e. The van der Waals surface area contributed by atoms with Crippen LogP contribution < -0.4 is 10.1 Å². The van der Waals surface area contributed by atoms with E-state index in [1.807, 2.05) is 32.2 Å². The summed E-state index contributed by atoms with van der Waals surface area (Å²) in [5.41, 5.74) is 2.94. The Morgan fingerprint density at radius 2 is 2.10 bits per heavy atom. The van der Waals surface area contributed by atoms with E-state index in [2.05, 4.69) is 20.3 Å². The Morgan fingerprint density at radius 3 is 2.80 bits per heavy atom. The number of hydrogen-bond donors (Lipinski definition) is 1. The average molecular weight is 425 g/mol. The summed E-state index contributed by atoms with van der Waals surface area (Å²) < 4.78 is 11.4. The first-order valence-corrected chi connectivity index (χ1v) is 10.7. The van der Waals surface area contributed by atoms with Gasteiger partial charge in [0, 0.05) is 40.9 Å². The highest BCUT2D eigenvalue weighted by molar-refractivity contribution is 7.14. The first-order valence-electron chi connectivity index (χ1n) is 9.91. The number of aryl methyl sites for hydroxylation is 2. The van der Waals surface area contributed by atoms with Crippen LogP contribution in [0.3, 0.4) is 0 Å². The second-order valence-corrected chi connectivity index (χ2v) is 8.63. The van der Waals surface area contributed by atoms with Crippen molar-refractivity contribution in [3.8, 4) is 16.3 Å². The van der Waals surface area contributed by atoms with Crippen molar-refractivity contribution in [1.82, 2.24) is 20.3 Å². The van der Waals surface area contributed by atoms with Crippen LogP contribution in [0.5, 0.6) is 5.75 Å². The van der Waals surface area contributed by atoms with Crippen LogP contribution in [-0.4, -0.2) is 40.7 Å². The third kappa shape index (κ3) is 5.20. The molecule has 1 saturated heterocycles. The molecule has 1 aliphatic rings. The first-order chi connectivity index (χ1) is 14.6. The number of hydrogen-bond acceptors (Lipinski definition) is 7. The second-order valence-electron chi connectivity index (χ2n) is 7.39. The van der Waals surface area contributed by atoms with Crippen molar-refractivity contribution < 1.29 is 14.3 Å². The summed E-state index contributed by atoms with van der Waals surface area (Å²) in [6, 6.07) is 5.56. The number of nitrogens with zero attached hydrogens (tertiary/aromatic N) is 3. The molecular formula is C22H24N4O3S. The zero-order valence-electron chi connectivity index (χ0n) is 17.1. The molecule has 1 unspecified atom stereocenters. The lowest BCUT2D eigenvalue weighted by molar-refractivity contribution is 0.0949. The van der Waals surface area contributed by atoms with Crippen LogP contribution in [0.15, 0.2) is 36.8 Å². The smallest absolute Gasteiger partial charge is 0.251 e. The van der Waals surface area contributed by atoms with Gasteiger partial charge in [0.2, 0.25) is 0 Å². The van der Waals surface area contributed by atoms with Crippen LogP contribution in [0.25, 0.3) is 10.6 Å². The molecule has 3 aromatic rings. The number of nitrogens with one attached hydrogen (secondary N) is 1. The van der Waals surface area contributed by atoms with Gasteiger partial charge < -0.3 is 14.8 Å². The molecule has 1 aromatic carbocycles. The van der Waals surface area contributed by atoms with Gasteiger partial charge in [0.25, 0.3) is 5.91 Å². The zero-order chi connectivity index (χ0) is 20.9. The number of amides is 1. The number of thiazole rings is 1. The van der Waals surface area contributed by atoms with Crippen molar-refractivity contribution >= 4 is 17.2 Å². The van der Waals surface area contributed by atoms with E-state index in [-0.39, 0.29) is 5.91 Å². The van der Waals surface area contributed by atoms with Crippen LogP contribution in [0.2, 0.25) is 0 Å². The van der Waals surface area contributed by atoms with Gasteiger partial charge in [0.05, 0.1) is 37.3 Å². The van der Waals surface area contributed by atoms with E-state index in [0.717, 1.165) is 40.8 Å². The third-order valence-corrected chi connectivity index (χ3v) is 5.77. The van der Waals surface area contributed by atoms with Gasteiger partial charge in [-0.15, -0.1) is 11.3 Å². The lowest BCUT2D eigenvalue weighted by atomic mass is 10.1. The Balaban J connectivity index is 1.52. The molecule has 1 aliphatic heterocycles. The molecule has 0 spiro atoms. The van der Waals surface area contributed by atoms with Gasteiger partial charge in [-0.25, -0.2) is 4.98 Å². The fourth-order valence-electron chi connectivity index (χ4n) is 3.14. The molecule has 0 aliphatic carbocycles. The number of carbonyl (C=O) groups excluding carboxylic acids is 1. The molecule has 4 rings (SSSR count). The number of benzene rings is 1. The Hall–Kier alpha value is -2.84. The molecule has 156 valence electrons. The molecule has 0 radical (unpaired) electrons. The maximum Gasteiger partial charge on any atom is 0.251 e. The fraction of sp³-hybridized carbons (Fsp3) is 0.364. The average Bonchev–Trinajstić information content (AvgIpc) is 3.43. The maximum absolute atomic E-state index is 12.8. The van der Waals surface area contributed by atoms with Crippen molar-refractivity contribution in [3.05, 3.63) is 58.6 Å². The maximum atomic E-state index is 12.8. The number of rotatable bonds is 7. The number of ether oxygens (including phenoxy) is 2. The minimum atomic E-state index is -0.193. The standard InChI is InChI=1S/C22H24N4O3S/c1-14-8-24-19(10-23-14)11-25-21(27)17-5-18(22-26-9-15(2)30-22)7-20(6-17)29-13-16-3-4-28-12-16/h5-10,16H,3-4,11-13H2,1-2H3,(H,25,27). The van der Waals surface area contributed by atoms with Crippen LogP contribution in [0, 0.1) is 19.8 Å². The van der Waals surface area contributed by atoms with Crippen molar-refractivity contribution in [2.75, 3.05) is 19.8 Å². The van der Waals surface area contributed by atoms with Gasteiger partial charge in [-0.1, -0.05) is 0 Å². The molecule has 3 heterocycles. The third-order valence-electron chi connectivity index (χ3n) is 4.81. The van der Waals surface area contributed by atoms with Crippen molar-refractivity contribution in [2.24, 2.45) is 5.92 Å². The quantitative estimate of drug-likeness (QED) is 0.624. The molecule has 2 aromatic heterocycles. The molecule has 0 bridgehead atoms. The summed E-state index contributed by atoms with van der Waals surface area (Å²) >= 11 is 1.59. The lowest BCUT2D eigenvalue weighted by Crippen LogP contribution is -2.23. The highest BCUT2D eigenvalue weighted by Crippen LogP contribution is 2.30. The van der Waals surface area contributed by atoms with Gasteiger partial charge in [0.15, 0.2) is 0 Å². The Bertz CT molecular complexity index is 1010. The normalized spacial score (nSPS) is 15.9. The van der Waals surface area contributed by atoms with E-state index in [0.29, 0.717) is 36.1 Å². The summed E-state index contributed by atoms with van der Waals surface area (Å²) in [5.74, 6) is 0.849. The molecule has 8 heteroatoms. The predicted octanol–water partition coefficient (Wildman–Crippen LogP) is 3.56. The van der Waals surface area contributed by atoms with Gasteiger partial charge in [0.1, 0.15) is 10.8 Å². The van der Waals surface area contributed by atoms with Gasteiger partial charge >= 0.3 is 0 Å². The van der Waals surface area contributed by atoms with E-state index in [4.69, 9.17) is 9.47 Å². The van der Waals surface area contributed by atoms with Crippen LogP contribution in [-0.2, 0) is 11.3 Å². The topological polar surface area (TPSA) is 86.2 Å². The van der Waals surface area contributed by atoms with E-state index in [9.17, 15) is 4.79 Å². The number of carbonyl (C=O) groups is 1. The Labute approximate surface area is 179 Å². The minimum absolute atomic E-state index is 0.193. The highest BCUT2D eigenvalue weighted by Gasteiger charge is 2.18. The van der Waals surface area contributed by atoms with Crippen LogP contribution in [0.1, 0.15) is 33.0 Å². The molecule has 1 amide bonds. The molecule has 1 fully saturated rings. The Kier molecular flexibility index (Phi) is 6.35. The van der Waals surface area contributed by atoms with E-state index in [1.165, 1.54) is 0 Å². The van der Waals surface area contributed by atoms with Crippen LogP contribution in [0.4, 0.5) is 0 Å². The van der Waals surface area contributed by atoms with Crippen molar-refractivity contribution in [2.45, 2.75) is 26.8 Å². The lowest BCUT2D eigenvalue weighted by Gasteiger charge is -2.13. The predicted molar refractivity (Wildman–Crippen MR) is 115 cm³/mol. The zero-order valence-corrected chi connectivity index (χ0v) is 17.9. The second kappa shape index (κ2) is 9.32. The molecular weight excluding hydrogens is 400 g/mol.